The first-order valence-corrected chi connectivity index (χ1v) is 18.6. The molecule has 4 heterocycles. The zero-order valence-electron chi connectivity index (χ0n) is 32.0. The number of fused-ring (bicyclic) bond motifs is 1. The number of benzene rings is 1. The van der Waals surface area contributed by atoms with Crippen molar-refractivity contribution >= 4 is 23.6 Å². The molecule has 5 rings (SSSR count). The summed E-state index contributed by atoms with van der Waals surface area (Å²) < 4.78 is 32.0. The molecule has 3 saturated heterocycles. The van der Waals surface area contributed by atoms with Crippen molar-refractivity contribution in [2.24, 2.45) is 28.7 Å². The molecular formula is C39H59N3O9. The lowest BCUT2D eigenvalue weighted by Crippen LogP contribution is -2.60. The fourth-order valence-electron chi connectivity index (χ4n) is 8.91. The van der Waals surface area contributed by atoms with Crippen molar-refractivity contribution in [2.75, 3.05) is 33.8 Å². The first-order chi connectivity index (χ1) is 24.0. The summed E-state index contributed by atoms with van der Waals surface area (Å²) in [4.78, 5) is 50.2. The number of nitrogens with zero attached hydrogens (tertiary/aromatic N) is 3. The van der Waals surface area contributed by atoms with Crippen molar-refractivity contribution in [3.63, 3.8) is 0 Å². The maximum absolute atomic E-state index is 14.4. The summed E-state index contributed by atoms with van der Waals surface area (Å²) in [7, 11) is 3.82. The van der Waals surface area contributed by atoms with E-state index in [0.29, 0.717) is 39.0 Å². The van der Waals surface area contributed by atoms with Crippen molar-refractivity contribution in [2.45, 2.75) is 129 Å². The van der Waals surface area contributed by atoms with Gasteiger partial charge in [-0.15, -0.1) is 0 Å². The number of carbonyl (C=O) groups excluding carboxylic acids is 3. The second-order valence-electron chi connectivity index (χ2n) is 15.9. The quantitative estimate of drug-likeness (QED) is 0.322. The Labute approximate surface area is 303 Å². The largest absolute Gasteiger partial charge is 0.458 e. The van der Waals surface area contributed by atoms with Crippen LogP contribution in [-0.2, 0) is 39.7 Å². The Hall–Kier alpha value is -2.90. The van der Waals surface area contributed by atoms with Gasteiger partial charge in [0.15, 0.2) is 17.7 Å². The van der Waals surface area contributed by atoms with Crippen LogP contribution in [0.1, 0.15) is 73.8 Å². The summed E-state index contributed by atoms with van der Waals surface area (Å²) in [6.07, 6.45) is -2.90. The minimum absolute atomic E-state index is 0.182. The van der Waals surface area contributed by atoms with E-state index in [1.165, 1.54) is 6.92 Å². The fourth-order valence-corrected chi connectivity index (χ4v) is 8.91. The molecule has 1 N–H and O–H groups in total. The lowest BCUT2D eigenvalue weighted by Gasteiger charge is -2.47. The second-order valence-corrected chi connectivity index (χ2v) is 15.9. The molecule has 0 radical (unpaired) electrons. The molecule has 1 aromatic rings. The van der Waals surface area contributed by atoms with Gasteiger partial charge >= 0.3 is 12.1 Å². The maximum Gasteiger partial charge on any atom is 0.410 e. The molecule has 13 atom stereocenters. The minimum Gasteiger partial charge on any atom is -0.458 e. The zero-order chi connectivity index (χ0) is 37.4. The van der Waals surface area contributed by atoms with Gasteiger partial charge in [0.1, 0.15) is 18.1 Å². The van der Waals surface area contributed by atoms with E-state index in [9.17, 15) is 19.5 Å². The highest BCUT2D eigenvalue weighted by Crippen LogP contribution is 2.43. The third-order valence-electron chi connectivity index (χ3n) is 11.9. The average molecular weight is 714 g/mol. The molecule has 4 aliphatic rings. The van der Waals surface area contributed by atoms with Crippen LogP contribution in [-0.4, -0.2) is 126 Å². The normalized spacial score (nSPS) is 41.0. The minimum atomic E-state index is -1.18. The lowest BCUT2D eigenvalue weighted by molar-refractivity contribution is -0.297. The van der Waals surface area contributed by atoms with Crippen LogP contribution >= 0.6 is 0 Å². The molecule has 1 aromatic carbocycles. The third-order valence-corrected chi connectivity index (χ3v) is 11.9. The highest BCUT2D eigenvalue weighted by atomic mass is 16.7. The highest BCUT2D eigenvalue weighted by Gasteiger charge is 2.59. The van der Waals surface area contributed by atoms with Crippen molar-refractivity contribution in [1.82, 2.24) is 9.80 Å². The average Bonchev–Trinajstić information content (AvgIpc) is 3.21. The number of hydrogen-bond donors (Lipinski definition) is 1. The summed E-state index contributed by atoms with van der Waals surface area (Å²) in [6, 6.07) is 9.32. The van der Waals surface area contributed by atoms with Crippen molar-refractivity contribution in [3.8, 4) is 0 Å². The van der Waals surface area contributed by atoms with Crippen LogP contribution in [0.15, 0.2) is 35.3 Å². The van der Waals surface area contributed by atoms with E-state index in [1.54, 1.807) is 25.7 Å². The maximum atomic E-state index is 14.4. The monoisotopic (exact) mass is 713 g/mol. The number of esters is 1. The van der Waals surface area contributed by atoms with E-state index in [-0.39, 0.29) is 29.8 Å². The molecular weight excluding hydrogens is 654 g/mol. The molecule has 2 bridgehead atoms. The number of aliphatic hydroxyl groups excluding tert-OH is 1. The van der Waals surface area contributed by atoms with Crippen LogP contribution in [0.5, 0.6) is 0 Å². The van der Waals surface area contributed by atoms with E-state index < -0.39 is 65.7 Å². The molecule has 3 fully saturated rings. The predicted octanol–water partition coefficient (Wildman–Crippen LogP) is 4.30. The predicted molar refractivity (Wildman–Crippen MR) is 191 cm³/mol. The second kappa shape index (κ2) is 15.6. The number of likely N-dealkylation sites (N-methyl/N-ethyl adjacent to an activating group) is 1. The SMILES string of the molecule is C[C@H]1C(=O)O[C@@H](C)[C@@]2(C)OC(=O)N3CCN=C([C@H](C)C[C@](C)(OCCc4ccccc4)[C@H](OC4O[C@@H](C)C[C@@H](N(C)C)[C@@H]4O)[C@@H](C)C1=O)[C@@H](C)C32. The number of ether oxygens (including phenoxy) is 5. The number of amides is 1. The first kappa shape index (κ1) is 39.3. The Balaban J connectivity index is 1.59. The van der Waals surface area contributed by atoms with Gasteiger partial charge in [0.25, 0.3) is 0 Å². The highest BCUT2D eigenvalue weighted by molar-refractivity contribution is 6.00. The van der Waals surface area contributed by atoms with Gasteiger partial charge in [0, 0.05) is 30.1 Å². The van der Waals surface area contributed by atoms with Crippen LogP contribution in [0, 0.1) is 23.7 Å². The van der Waals surface area contributed by atoms with E-state index in [0.717, 1.165) is 11.3 Å². The molecule has 0 saturated carbocycles. The molecule has 51 heavy (non-hydrogen) atoms. The van der Waals surface area contributed by atoms with Gasteiger partial charge in [-0.25, -0.2) is 4.79 Å². The zero-order valence-corrected chi connectivity index (χ0v) is 32.0. The number of ketones is 1. The molecule has 12 heteroatoms. The Bertz CT molecular complexity index is 1440. The first-order valence-electron chi connectivity index (χ1n) is 18.6. The van der Waals surface area contributed by atoms with E-state index >= 15 is 0 Å². The standard InChI is InChI=1S/C39H59N3O9/c1-22-21-38(7,47-19-16-28-14-12-11-13-15-28)34(50-36-32(44)29(41(9)10)20-23(2)48-36)25(4)31(43)26(5)35(45)49-27(6)39(8)33-24(3)30(22)40-17-18-42(33)37(46)51-39/h11-15,22-27,29,32-34,36,44H,16-21H2,1-10H3/t22-,23+,24-,25+,26-,27+,29-,32+,33?,34-,36?,38+,39-/m1/s1. The Morgan fingerprint density at radius 2 is 1.71 bits per heavy atom. The number of aliphatic hydroxyl groups is 1. The molecule has 0 aliphatic carbocycles. The topological polar surface area (TPSA) is 136 Å². The molecule has 4 aliphatic heterocycles. The molecule has 284 valence electrons. The van der Waals surface area contributed by atoms with Crippen LogP contribution in [0.4, 0.5) is 4.79 Å². The number of cyclic esters (lactones) is 1. The Kier molecular flexibility index (Phi) is 12.0. The summed E-state index contributed by atoms with van der Waals surface area (Å²) in [5.41, 5.74) is -0.309. The van der Waals surface area contributed by atoms with Gasteiger partial charge in [-0.2, -0.15) is 0 Å². The smallest absolute Gasteiger partial charge is 0.410 e. The number of aliphatic imine (C=N–C) groups is 1. The van der Waals surface area contributed by atoms with Crippen molar-refractivity contribution in [1.29, 1.82) is 0 Å². The molecule has 12 nitrogen and oxygen atoms in total. The van der Waals surface area contributed by atoms with E-state index in [1.807, 2.05) is 70.1 Å². The molecule has 0 spiro atoms. The number of carbonyl (C=O) groups is 3. The molecule has 2 unspecified atom stereocenters. The Morgan fingerprint density at radius 3 is 2.37 bits per heavy atom. The summed E-state index contributed by atoms with van der Waals surface area (Å²) >= 11 is 0. The number of hydrogen-bond acceptors (Lipinski definition) is 11. The Morgan fingerprint density at radius 1 is 1.02 bits per heavy atom. The van der Waals surface area contributed by atoms with Gasteiger partial charge < -0.3 is 33.7 Å². The van der Waals surface area contributed by atoms with Crippen LogP contribution in [0.25, 0.3) is 0 Å². The van der Waals surface area contributed by atoms with Crippen LogP contribution in [0.3, 0.4) is 0 Å². The van der Waals surface area contributed by atoms with Crippen LogP contribution in [0.2, 0.25) is 0 Å². The molecule has 1 amide bonds. The van der Waals surface area contributed by atoms with Crippen molar-refractivity contribution < 1.29 is 43.2 Å². The van der Waals surface area contributed by atoms with Gasteiger partial charge in [-0.05, 0) is 79.5 Å². The van der Waals surface area contributed by atoms with E-state index in [2.05, 4.69) is 6.92 Å². The summed E-state index contributed by atoms with van der Waals surface area (Å²) in [6.45, 7) is 15.9. The van der Waals surface area contributed by atoms with Crippen LogP contribution < -0.4 is 0 Å². The summed E-state index contributed by atoms with van der Waals surface area (Å²) in [5.74, 6) is -3.57. The van der Waals surface area contributed by atoms with Gasteiger partial charge in [-0.1, -0.05) is 51.1 Å². The van der Waals surface area contributed by atoms with Gasteiger partial charge in [0.2, 0.25) is 0 Å². The lowest BCUT2D eigenvalue weighted by atomic mass is 9.73. The molecule has 0 aromatic heterocycles. The van der Waals surface area contributed by atoms with Gasteiger partial charge in [0.05, 0.1) is 37.0 Å². The fraction of sp³-hybridized carbons (Fsp3) is 0.744. The van der Waals surface area contributed by atoms with E-state index in [4.69, 9.17) is 28.7 Å². The number of Topliss-reactive ketones (excluding diaryl/α,β-unsaturated/α-hetero) is 1. The van der Waals surface area contributed by atoms with Crippen molar-refractivity contribution in [3.05, 3.63) is 35.9 Å². The summed E-state index contributed by atoms with van der Waals surface area (Å²) in [5, 5.41) is 11.6. The number of rotatable bonds is 7. The third kappa shape index (κ3) is 7.90. The van der Waals surface area contributed by atoms with Gasteiger partial charge in [-0.3, -0.25) is 19.5 Å².